The minimum Gasteiger partial charge on any atom is -0.326 e. The maximum atomic E-state index is 12.0. The summed E-state index contributed by atoms with van der Waals surface area (Å²) >= 11 is 0. The van der Waals surface area contributed by atoms with Crippen molar-refractivity contribution >= 4 is 10.0 Å². The summed E-state index contributed by atoms with van der Waals surface area (Å²) in [5.41, 5.74) is 7.39. The lowest BCUT2D eigenvalue weighted by Gasteiger charge is -2.06. The van der Waals surface area contributed by atoms with Gasteiger partial charge in [-0.05, 0) is 11.1 Å². The van der Waals surface area contributed by atoms with Gasteiger partial charge in [-0.1, -0.05) is 24.3 Å². The second kappa shape index (κ2) is 5.52. The molecule has 0 spiro atoms. The van der Waals surface area contributed by atoms with Crippen molar-refractivity contribution in [3.63, 3.8) is 0 Å². The maximum absolute atomic E-state index is 12.0. The molecule has 3 N–H and O–H groups in total. The molecule has 0 saturated carbocycles. The first kappa shape index (κ1) is 13.7. The molecule has 19 heavy (non-hydrogen) atoms. The van der Waals surface area contributed by atoms with Crippen molar-refractivity contribution in [3.8, 4) is 0 Å². The fraction of sp³-hybridized carbons (Fsp3) is 0.250. The highest BCUT2D eigenvalue weighted by atomic mass is 32.2. The molecule has 0 aliphatic rings. The predicted octanol–water partition coefficient (Wildman–Crippen LogP) is 0.357. The number of sulfonamides is 1. The summed E-state index contributed by atoms with van der Waals surface area (Å²) in [6.07, 6.45) is 2.78. The lowest BCUT2D eigenvalue weighted by atomic mass is 10.1. The van der Waals surface area contributed by atoms with E-state index in [1.807, 2.05) is 24.3 Å². The molecule has 0 fully saturated rings. The van der Waals surface area contributed by atoms with E-state index in [1.54, 1.807) is 7.05 Å². The van der Waals surface area contributed by atoms with Crippen molar-refractivity contribution in [1.82, 2.24) is 14.5 Å². The third kappa shape index (κ3) is 3.40. The lowest BCUT2D eigenvalue weighted by Crippen LogP contribution is -2.23. The van der Waals surface area contributed by atoms with Gasteiger partial charge in [0, 0.05) is 26.3 Å². The predicted molar refractivity (Wildman–Crippen MR) is 71.6 cm³/mol. The molecule has 0 amide bonds. The number of aromatic nitrogens is 2. The smallest absolute Gasteiger partial charge is 0.243 e. The number of nitrogens with one attached hydrogen (secondary N) is 1. The van der Waals surface area contributed by atoms with Crippen molar-refractivity contribution in [2.75, 3.05) is 0 Å². The Labute approximate surface area is 112 Å². The third-order valence-corrected chi connectivity index (χ3v) is 4.04. The SMILES string of the molecule is Cn1cc(S(=O)(=O)NCc2cccc(CN)c2)cn1. The first-order valence-corrected chi connectivity index (χ1v) is 7.26. The molecule has 0 saturated heterocycles. The van der Waals surface area contributed by atoms with Crippen molar-refractivity contribution < 1.29 is 8.42 Å². The molecule has 1 heterocycles. The highest BCUT2D eigenvalue weighted by Crippen LogP contribution is 2.09. The zero-order valence-electron chi connectivity index (χ0n) is 10.6. The van der Waals surface area contributed by atoms with Gasteiger partial charge >= 0.3 is 0 Å². The summed E-state index contributed by atoms with van der Waals surface area (Å²) in [7, 11) is -1.85. The van der Waals surface area contributed by atoms with Gasteiger partial charge in [0.1, 0.15) is 4.90 Å². The second-order valence-electron chi connectivity index (χ2n) is 4.20. The minimum atomic E-state index is -3.52. The van der Waals surface area contributed by atoms with E-state index in [9.17, 15) is 8.42 Å². The maximum Gasteiger partial charge on any atom is 0.243 e. The first-order valence-electron chi connectivity index (χ1n) is 5.77. The normalized spacial score (nSPS) is 11.7. The fourth-order valence-electron chi connectivity index (χ4n) is 1.67. The zero-order valence-corrected chi connectivity index (χ0v) is 11.4. The van der Waals surface area contributed by atoms with Crippen LogP contribution in [-0.2, 0) is 30.2 Å². The third-order valence-electron chi connectivity index (χ3n) is 2.68. The highest BCUT2D eigenvalue weighted by molar-refractivity contribution is 7.89. The fourth-order valence-corrected chi connectivity index (χ4v) is 2.67. The summed E-state index contributed by atoms with van der Waals surface area (Å²) in [4.78, 5) is 0.157. The van der Waals surface area contributed by atoms with E-state index in [1.165, 1.54) is 17.1 Å². The standard InChI is InChI=1S/C12H16N4O2S/c1-16-9-12(8-14-16)19(17,18)15-7-11-4-2-3-10(5-11)6-13/h2-5,8-9,15H,6-7,13H2,1H3. The minimum absolute atomic E-state index is 0.157. The molecule has 0 radical (unpaired) electrons. The molecule has 1 aromatic heterocycles. The highest BCUT2D eigenvalue weighted by Gasteiger charge is 2.15. The van der Waals surface area contributed by atoms with Gasteiger partial charge in [-0.25, -0.2) is 13.1 Å². The van der Waals surface area contributed by atoms with Crippen molar-refractivity contribution in [3.05, 3.63) is 47.8 Å². The molecule has 2 aromatic rings. The van der Waals surface area contributed by atoms with Gasteiger partial charge in [-0.3, -0.25) is 4.68 Å². The van der Waals surface area contributed by atoms with Gasteiger partial charge in [0.25, 0.3) is 0 Å². The largest absolute Gasteiger partial charge is 0.326 e. The average Bonchev–Trinajstić information content (AvgIpc) is 2.84. The van der Waals surface area contributed by atoms with E-state index in [4.69, 9.17) is 5.73 Å². The molecule has 0 aliphatic carbocycles. The average molecular weight is 280 g/mol. The summed E-state index contributed by atoms with van der Waals surface area (Å²) in [5, 5.41) is 3.85. The van der Waals surface area contributed by atoms with E-state index >= 15 is 0 Å². The van der Waals surface area contributed by atoms with Crippen LogP contribution in [0.3, 0.4) is 0 Å². The summed E-state index contributed by atoms with van der Waals surface area (Å²) < 4.78 is 28.0. The van der Waals surface area contributed by atoms with Crippen LogP contribution in [0, 0.1) is 0 Å². The van der Waals surface area contributed by atoms with Gasteiger partial charge in [0.2, 0.25) is 10.0 Å². The van der Waals surface area contributed by atoms with E-state index in [0.29, 0.717) is 6.54 Å². The Morgan fingerprint density at radius 3 is 2.74 bits per heavy atom. The van der Waals surface area contributed by atoms with Crippen molar-refractivity contribution in [2.45, 2.75) is 18.0 Å². The van der Waals surface area contributed by atoms with E-state index in [-0.39, 0.29) is 11.4 Å². The van der Waals surface area contributed by atoms with Crippen molar-refractivity contribution in [2.24, 2.45) is 12.8 Å². The van der Waals surface area contributed by atoms with Crippen LogP contribution in [0.25, 0.3) is 0 Å². The van der Waals surface area contributed by atoms with Crippen LogP contribution in [0.4, 0.5) is 0 Å². The molecule has 0 aliphatic heterocycles. The number of hydrogen-bond donors (Lipinski definition) is 2. The van der Waals surface area contributed by atoms with E-state index < -0.39 is 10.0 Å². The molecule has 2 rings (SSSR count). The summed E-state index contributed by atoms with van der Waals surface area (Å²) in [6, 6.07) is 7.49. The number of hydrogen-bond acceptors (Lipinski definition) is 4. The van der Waals surface area contributed by atoms with E-state index in [2.05, 4.69) is 9.82 Å². The van der Waals surface area contributed by atoms with E-state index in [0.717, 1.165) is 11.1 Å². The summed E-state index contributed by atoms with van der Waals surface area (Å²) in [5.74, 6) is 0. The molecule has 1 aromatic carbocycles. The molecule has 6 nitrogen and oxygen atoms in total. The number of aryl methyl sites for hydroxylation is 1. The number of nitrogens with zero attached hydrogens (tertiary/aromatic N) is 2. The van der Waals surface area contributed by atoms with Crippen molar-refractivity contribution in [1.29, 1.82) is 0 Å². The van der Waals surface area contributed by atoms with Gasteiger partial charge < -0.3 is 5.73 Å². The molecule has 0 bridgehead atoms. The second-order valence-corrected chi connectivity index (χ2v) is 5.97. The van der Waals surface area contributed by atoms with Crippen LogP contribution in [0.15, 0.2) is 41.6 Å². The van der Waals surface area contributed by atoms with Crippen LogP contribution < -0.4 is 10.5 Å². The Morgan fingerprint density at radius 2 is 2.11 bits per heavy atom. The molecular formula is C12H16N4O2S. The Kier molecular flexibility index (Phi) is 3.98. The Hall–Kier alpha value is -1.70. The molecular weight excluding hydrogens is 264 g/mol. The first-order chi connectivity index (χ1) is 9.01. The lowest BCUT2D eigenvalue weighted by molar-refractivity contribution is 0.581. The van der Waals surface area contributed by atoms with Gasteiger partial charge in [-0.15, -0.1) is 0 Å². The molecule has 0 unspecified atom stereocenters. The Bertz CT molecular complexity index is 664. The molecule has 102 valence electrons. The monoisotopic (exact) mass is 280 g/mol. The molecule has 7 heteroatoms. The topological polar surface area (TPSA) is 90.0 Å². The number of rotatable bonds is 5. The van der Waals surface area contributed by atoms with Crippen LogP contribution in [0.2, 0.25) is 0 Å². The van der Waals surface area contributed by atoms with Gasteiger partial charge in [-0.2, -0.15) is 5.10 Å². The Balaban J connectivity index is 2.09. The van der Waals surface area contributed by atoms with Crippen LogP contribution in [0.1, 0.15) is 11.1 Å². The summed E-state index contributed by atoms with van der Waals surface area (Å²) in [6.45, 7) is 0.661. The molecule has 0 atom stereocenters. The van der Waals surface area contributed by atoms with Gasteiger partial charge in [0.15, 0.2) is 0 Å². The van der Waals surface area contributed by atoms with Crippen LogP contribution in [0.5, 0.6) is 0 Å². The van der Waals surface area contributed by atoms with Crippen LogP contribution >= 0.6 is 0 Å². The zero-order chi connectivity index (χ0) is 13.9. The van der Waals surface area contributed by atoms with Crippen LogP contribution in [-0.4, -0.2) is 18.2 Å². The number of benzene rings is 1. The quantitative estimate of drug-likeness (QED) is 0.827. The number of nitrogens with two attached hydrogens (primary N) is 1. The van der Waals surface area contributed by atoms with Gasteiger partial charge in [0.05, 0.1) is 6.20 Å². The Morgan fingerprint density at radius 1 is 1.37 bits per heavy atom.